The van der Waals surface area contributed by atoms with Gasteiger partial charge in [0, 0.05) is 12.8 Å². The molecule has 4 aliphatic carbocycles. The minimum absolute atomic E-state index is 0.515. The van der Waals surface area contributed by atoms with Crippen molar-refractivity contribution in [1.82, 2.24) is 15.0 Å². The van der Waals surface area contributed by atoms with Crippen molar-refractivity contribution >= 4 is 0 Å². The molecule has 4 bridgehead atoms. The molecular weight excluding hydrogens is 298 g/mol. The Hall–Kier alpha value is -0.900. The summed E-state index contributed by atoms with van der Waals surface area (Å²) < 4.78 is 5.53. The molecule has 4 heteroatoms. The lowest BCUT2D eigenvalue weighted by Gasteiger charge is -2.56. The summed E-state index contributed by atoms with van der Waals surface area (Å²) in [4.78, 5) is 6.98. The van der Waals surface area contributed by atoms with Crippen LogP contribution in [0.25, 0.3) is 0 Å². The minimum Gasteiger partial charge on any atom is -0.339 e. The number of aryl methyl sites for hydroxylation is 1. The monoisotopic (exact) mass is 331 g/mol. The quantitative estimate of drug-likeness (QED) is 0.673. The van der Waals surface area contributed by atoms with Gasteiger partial charge in [0.05, 0.1) is 0 Å². The number of hydrogen-bond acceptors (Lipinski definition) is 4. The van der Waals surface area contributed by atoms with Crippen molar-refractivity contribution in [3.8, 4) is 0 Å². The fraction of sp³-hybridized carbons (Fsp3) is 0.900. The number of hydrogen-bond donors (Lipinski definition) is 0. The zero-order valence-electron chi connectivity index (χ0n) is 15.5. The van der Waals surface area contributed by atoms with Crippen LogP contribution in [0.5, 0.6) is 0 Å². The Balaban J connectivity index is 1.28. The number of rotatable bonds is 8. The largest absolute Gasteiger partial charge is 0.339 e. The molecule has 5 rings (SSSR count). The first kappa shape index (κ1) is 16.6. The summed E-state index contributed by atoms with van der Waals surface area (Å²) in [6.07, 6.45) is 14.5. The van der Waals surface area contributed by atoms with Gasteiger partial charge in [-0.3, -0.25) is 0 Å². The predicted molar refractivity (Wildman–Crippen MR) is 94.7 cm³/mol. The second-order valence-corrected chi connectivity index (χ2v) is 9.31. The first-order chi connectivity index (χ1) is 11.6. The molecule has 134 valence electrons. The molecule has 24 heavy (non-hydrogen) atoms. The normalized spacial score (nSPS) is 34.4. The van der Waals surface area contributed by atoms with E-state index in [9.17, 15) is 0 Å². The number of aromatic nitrogens is 2. The lowest BCUT2D eigenvalue weighted by Crippen LogP contribution is -2.47. The summed E-state index contributed by atoms with van der Waals surface area (Å²) in [5.41, 5.74) is 0.515. The second kappa shape index (κ2) is 6.78. The molecule has 1 aromatic heterocycles. The van der Waals surface area contributed by atoms with Crippen LogP contribution < -0.4 is 0 Å². The molecule has 4 saturated carbocycles. The lowest BCUT2D eigenvalue weighted by molar-refractivity contribution is -0.0533. The van der Waals surface area contributed by atoms with Gasteiger partial charge in [0.25, 0.3) is 0 Å². The van der Waals surface area contributed by atoms with Crippen LogP contribution in [0, 0.1) is 23.2 Å². The van der Waals surface area contributed by atoms with Gasteiger partial charge < -0.3 is 9.42 Å². The van der Waals surface area contributed by atoms with Gasteiger partial charge >= 0.3 is 0 Å². The maximum atomic E-state index is 5.53. The van der Waals surface area contributed by atoms with Crippen LogP contribution in [0.2, 0.25) is 0 Å². The molecular formula is C20H33N3O. The van der Waals surface area contributed by atoms with Crippen molar-refractivity contribution in [1.29, 1.82) is 0 Å². The van der Waals surface area contributed by atoms with Crippen LogP contribution in [0.1, 0.15) is 69.5 Å². The highest BCUT2D eigenvalue weighted by Gasteiger charge is 2.51. The molecule has 0 atom stereocenters. The molecule has 0 saturated heterocycles. The third-order valence-corrected chi connectivity index (χ3v) is 6.70. The molecule has 0 unspecified atom stereocenters. The maximum Gasteiger partial charge on any atom is 0.226 e. The molecule has 4 aliphatic rings. The number of unbranched alkanes of at least 4 members (excludes halogenated alkanes) is 2. The van der Waals surface area contributed by atoms with E-state index < -0.39 is 0 Å². The van der Waals surface area contributed by atoms with Crippen molar-refractivity contribution < 1.29 is 4.52 Å². The van der Waals surface area contributed by atoms with E-state index in [4.69, 9.17) is 9.51 Å². The van der Waals surface area contributed by atoms with Crippen molar-refractivity contribution in [2.45, 2.75) is 70.6 Å². The van der Waals surface area contributed by atoms with Crippen LogP contribution in [0.3, 0.4) is 0 Å². The van der Waals surface area contributed by atoms with Gasteiger partial charge in [-0.15, -0.1) is 0 Å². The summed E-state index contributed by atoms with van der Waals surface area (Å²) in [5, 5.41) is 4.33. The fourth-order valence-electron chi connectivity index (χ4n) is 6.19. The van der Waals surface area contributed by atoms with Crippen LogP contribution >= 0.6 is 0 Å². The Bertz CT molecular complexity index is 516. The molecule has 1 heterocycles. The highest BCUT2D eigenvalue weighted by Crippen LogP contribution is 2.60. The van der Waals surface area contributed by atoms with E-state index in [1.807, 2.05) is 0 Å². The van der Waals surface area contributed by atoms with Crippen LogP contribution in [-0.4, -0.2) is 35.7 Å². The fourth-order valence-corrected chi connectivity index (χ4v) is 6.19. The Morgan fingerprint density at radius 2 is 1.67 bits per heavy atom. The zero-order chi connectivity index (χ0) is 16.6. The molecule has 0 aliphatic heterocycles. The van der Waals surface area contributed by atoms with Gasteiger partial charge in [0.2, 0.25) is 5.89 Å². The van der Waals surface area contributed by atoms with Crippen LogP contribution in [0.4, 0.5) is 0 Å². The standard InChI is InChI=1S/C20H33N3O/c1-23(2)7-5-3-4-6-19-21-18(22-24-19)14-20-11-15-8-16(12-20)10-17(9-15)13-20/h15-17H,3-14H2,1-2H3. The third-order valence-electron chi connectivity index (χ3n) is 6.70. The Kier molecular flexibility index (Phi) is 4.68. The van der Waals surface area contributed by atoms with Crippen molar-refractivity contribution in [3.05, 3.63) is 11.7 Å². The summed E-state index contributed by atoms with van der Waals surface area (Å²) >= 11 is 0. The lowest BCUT2D eigenvalue weighted by atomic mass is 9.49. The number of nitrogens with zero attached hydrogens (tertiary/aromatic N) is 3. The Morgan fingerprint density at radius 1 is 1.00 bits per heavy atom. The Labute approximate surface area is 146 Å². The first-order valence-electron chi connectivity index (χ1n) is 10.1. The maximum absolute atomic E-state index is 5.53. The van der Waals surface area contributed by atoms with Gasteiger partial charge in [-0.25, -0.2) is 0 Å². The van der Waals surface area contributed by atoms with E-state index in [1.54, 1.807) is 0 Å². The third kappa shape index (κ3) is 3.68. The first-order valence-corrected chi connectivity index (χ1v) is 10.1. The van der Waals surface area contributed by atoms with Crippen LogP contribution in [0.15, 0.2) is 4.52 Å². The van der Waals surface area contributed by atoms with E-state index >= 15 is 0 Å². The minimum atomic E-state index is 0.515. The van der Waals surface area contributed by atoms with Gasteiger partial charge in [-0.1, -0.05) is 11.6 Å². The van der Waals surface area contributed by atoms with Gasteiger partial charge in [-0.2, -0.15) is 4.98 Å². The molecule has 0 spiro atoms. The smallest absolute Gasteiger partial charge is 0.226 e. The molecule has 4 fully saturated rings. The van der Waals surface area contributed by atoms with Crippen LogP contribution in [-0.2, 0) is 12.8 Å². The van der Waals surface area contributed by atoms with E-state index in [-0.39, 0.29) is 0 Å². The molecule has 1 aromatic rings. The van der Waals surface area contributed by atoms with Gasteiger partial charge in [0.1, 0.15) is 0 Å². The topological polar surface area (TPSA) is 42.2 Å². The molecule has 0 radical (unpaired) electrons. The summed E-state index contributed by atoms with van der Waals surface area (Å²) in [7, 11) is 4.27. The highest BCUT2D eigenvalue weighted by molar-refractivity contribution is 5.05. The van der Waals surface area contributed by atoms with Gasteiger partial charge in [0.15, 0.2) is 5.82 Å². The van der Waals surface area contributed by atoms with E-state index in [1.165, 1.54) is 57.9 Å². The molecule has 4 nitrogen and oxygen atoms in total. The second-order valence-electron chi connectivity index (χ2n) is 9.31. The average molecular weight is 332 g/mol. The van der Waals surface area contributed by atoms with E-state index in [0.717, 1.165) is 48.7 Å². The highest BCUT2D eigenvalue weighted by atomic mass is 16.5. The molecule has 0 amide bonds. The average Bonchev–Trinajstić information content (AvgIpc) is 2.91. The SMILES string of the molecule is CN(C)CCCCCc1nc(CC23CC4CC(CC(C4)C2)C3)no1. The summed E-state index contributed by atoms with van der Waals surface area (Å²) in [5.74, 6) is 4.85. The van der Waals surface area contributed by atoms with Crippen molar-refractivity contribution in [3.63, 3.8) is 0 Å². The van der Waals surface area contributed by atoms with E-state index in [0.29, 0.717) is 5.41 Å². The summed E-state index contributed by atoms with van der Waals surface area (Å²) in [6.45, 7) is 1.17. The van der Waals surface area contributed by atoms with Crippen molar-refractivity contribution in [2.24, 2.45) is 23.2 Å². The van der Waals surface area contributed by atoms with Crippen molar-refractivity contribution in [2.75, 3.05) is 20.6 Å². The predicted octanol–water partition coefficient (Wildman–Crippen LogP) is 4.10. The Morgan fingerprint density at radius 3 is 2.29 bits per heavy atom. The molecule has 0 N–H and O–H groups in total. The van der Waals surface area contributed by atoms with E-state index in [2.05, 4.69) is 24.2 Å². The zero-order valence-corrected chi connectivity index (χ0v) is 15.5. The van der Waals surface area contributed by atoms with Gasteiger partial charge in [-0.05, 0) is 95.2 Å². The summed E-state index contributed by atoms with van der Waals surface area (Å²) in [6, 6.07) is 0. The molecule has 0 aromatic carbocycles.